The van der Waals surface area contributed by atoms with Crippen LogP contribution in [0, 0.1) is 12.9 Å². The normalized spacial score (nSPS) is 11.3. The predicted octanol–water partition coefficient (Wildman–Crippen LogP) is 1.88. The number of anilines is 1. The fourth-order valence-corrected chi connectivity index (χ4v) is 3.58. The predicted molar refractivity (Wildman–Crippen MR) is 104 cm³/mol. The van der Waals surface area contributed by atoms with Gasteiger partial charge in [0, 0.05) is 11.8 Å². The lowest BCUT2D eigenvalue weighted by Crippen LogP contribution is -2.36. The van der Waals surface area contributed by atoms with Gasteiger partial charge in [0.1, 0.15) is 11.4 Å². The highest BCUT2D eigenvalue weighted by atomic mass is 32.2. The maximum absolute atomic E-state index is 14.3. The molecule has 0 aliphatic heterocycles. The first-order valence-corrected chi connectivity index (χ1v) is 10.3. The molecule has 2 amide bonds. The molecule has 3 aromatic heterocycles. The first-order chi connectivity index (χ1) is 14.2. The van der Waals surface area contributed by atoms with E-state index < -0.39 is 27.0 Å². The SMILES string of the molecule is CCCOc1ccc2nc(F)c(S(=O)(=O)NC(=O)Nc3nc(C)cc(OC)n3)n2c1. The van der Waals surface area contributed by atoms with E-state index in [1.165, 1.54) is 31.5 Å². The van der Waals surface area contributed by atoms with Crippen molar-refractivity contribution in [2.45, 2.75) is 25.3 Å². The van der Waals surface area contributed by atoms with Gasteiger partial charge in [-0.25, -0.2) is 14.5 Å². The van der Waals surface area contributed by atoms with Gasteiger partial charge < -0.3 is 9.47 Å². The van der Waals surface area contributed by atoms with Crippen LogP contribution in [-0.2, 0) is 10.0 Å². The number of nitrogens with zero attached hydrogens (tertiary/aromatic N) is 4. The zero-order valence-electron chi connectivity index (χ0n) is 16.3. The molecule has 0 unspecified atom stereocenters. The fraction of sp³-hybridized carbons (Fsp3) is 0.294. The monoisotopic (exact) mass is 438 g/mol. The molecule has 3 rings (SSSR count). The minimum Gasteiger partial charge on any atom is -0.492 e. The van der Waals surface area contributed by atoms with E-state index in [1.54, 1.807) is 11.6 Å². The molecule has 0 saturated carbocycles. The number of carbonyl (C=O) groups is 1. The molecule has 13 heteroatoms. The van der Waals surface area contributed by atoms with Crippen molar-refractivity contribution in [3.05, 3.63) is 36.0 Å². The lowest BCUT2D eigenvalue weighted by atomic mass is 10.4. The lowest BCUT2D eigenvalue weighted by molar-refractivity contribution is 0.256. The summed E-state index contributed by atoms with van der Waals surface area (Å²) in [5.41, 5.74) is 0.510. The highest BCUT2D eigenvalue weighted by Gasteiger charge is 2.28. The van der Waals surface area contributed by atoms with Crippen LogP contribution >= 0.6 is 0 Å². The van der Waals surface area contributed by atoms with E-state index >= 15 is 0 Å². The first-order valence-electron chi connectivity index (χ1n) is 8.77. The number of carbonyl (C=O) groups excluding carboxylic acids is 1. The summed E-state index contributed by atoms with van der Waals surface area (Å²) in [6, 6.07) is 3.28. The Morgan fingerprint density at radius 2 is 2.03 bits per heavy atom. The third-order valence-electron chi connectivity index (χ3n) is 3.73. The number of fused-ring (bicyclic) bond motifs is 1. The van der Waals surface area contributed by atoms with Gasteiger partial charge in [0.2, 0.25) is 16.9 Å². The van der Waals surface area contributed by atoms with E-state index in [0.29, 0.717) is 18.1 Å². The van der Waals surface area contributed by atoms with Gasteiger partial charge in [-0.1, -0.05) is 6.92 Å². The van der Waals surface area contributed by atoms with E-state index in [1.807, 2.05) is 6.92 Å². The molecule has 0 bridgehead atoms. The number of aromatic nitrogens is 4. The number of aryl methyl sites for hydroxylation is 1. The molecule has 30 heavy (non-hydrogen) atoms. The van der Waals surface area contributed by atoms with E-state index in [0.717, 1.165) is 10.8 Å². The number of sulfonamides is 1. The Morgan fingerprint density at radius 3 is 2.73 bits per heavy atom. The number of methoxy groups -OCH3 is 1. The summed E-state index contributed by atoms with van der Waals surface area (Å²) in [4.78, 5) is 23.6. The second-order valence-corrected chi connectivity index (χ2v) is 7.68. The number of rotatable bonds is 7. The van der Waals surface area contributed by atoms with Crippen molar-refractivity contribution in [3.63, 3.8) is 0 Å². The van der Waals surface area contributed by atoms with Crippen LogP contribution < -0.4 is 19.5 Å². The Bertz CT molecular complexity index is 1200. The number of amides is 2. The molecule has 0 fully saturated rings. The summed E-state index contributed by atoms with van der Waals surface area (Å²) in [5, 5.41) is 1.34. The molecule has 0 saturated heterocycles. The van der Waals surface area contributed by atoms with Crippen molar-refractivity contribution in [3.8, 4) is 11.6 Å². The van der Waals surface area contributed by atoms with Crippen molar-refractivity contribution in [2.24, 2.45) is 0 Å². The van der Waals surface area contributed by atoms with Gasteiger partial charge in [0.15, 0.2) is 0 Å². The molecule has 3 aromatic rings. The number of imidazole rings is 1. The van der Waals surface area contributed by atoms with Gasteiger partial charge >= 0.3 is 6.03 Å². The Morgan fingerprint density at radius 1 is 1.27 bits per heavy atom. The zero-order valence-corrected chi connectivity index (χ0v) is 17.2. The third-order valence-corrected chi connectivity index (χ3v) is 5.06. The van der Waals surface area contributed by atoms with Gasteiger partial charge in [-0.2, -0.15) is 22.8 Å². The number of nitrogens with one attached hydrogen (secondary N) is 2. The molecule has 160 valence electrons. The smallest absolute Gasteiger partial charge is 0.335 e. The topological polar surface area (TPSA) is 137 Å². The van der Waals surface area contributed by atoms with E-state index in [9.17, 15) is 17.6 Å². The fourth-order valence-electron chi connectivity index (χ4n) is 2.52. The van der Waals surface area contributed by atoms with Crippen LogP contribution in [0.1, 0.15) is 19.0 Å². The number of ether oxygens (including phenoxy) is 2. The Balaban J connectivity index is 1.87. The summed E-state index contributed by atoms with van der Waals surface area (Å²) < 4.78 is 52.8. The van der Waals surface area contributed by atoms with Gasteiger partial charge in [-0.15, -0.1) is 0 Å². The van der Waals surface area contributed by atoms with Crippen LogP contribution in [0.4, 0.5) is 15.1 Å². The maximum atomic E-state index is 14.3. The number of halogens is 1. The van der Waals surface area contributed by atoms with E-state index in [4.69, 9.17) is 9.47 Å². The second-order valence-electron chi connectivity index (χ2n) is 6.08. The number of hydrogen-bond acceptors (Lipinski definition) is 8. The zero-order chi connectivity index (χ0) is 21.9. The molecule has 0 radical (unpaired) electrons. The van der Waals surface area contributed by atoms with Crippen molar-refractivity contribution in [2.75, 3.05) is 19.0 Å². The molecular weight excluding hydrogens is 419 g/mol. The van der Waals surface area contributed by atoms with Gasteiger partial charge in [0.05, 0.1) is 19.9 Å². The Hall–Kier alpha value is -3.48. The molecule has 11 nitrogen and oxygen atoms in total. The quantitative estimate of drug-likeness (QED) is 0.570. The van der Waals surface area contributed by atoms with Crippen molar-refractivity contribution < 1.29 is 27.1 Å². The first kappa shape index (κ1) is 21.2. The van der Waals surface area contributed by atoms with Crippen LogP contribution in [0.15, 0.2) is 29.4 Å². The molecule has 0 aliphatic carbocycles. The van der Waals surface area contributed by atoms with Crippen molar-refractivity contribution in [1.82, 2.24) is 24.1 Å². The minimum atomic E-state index is -4.64. The molecule has 0 atom stereocenters. The number of pyridine rings is 1. The summed E-state index contributed by atoms with van der Waals surface area (Å²) in [7, 11) is -3.26. The second kappa shape index (κ2) is 8.49. The van der Waals surface area contributed by atoms with E-state index in [2.05, 4.69) is 20.3 Å². The highest BCUT2D eigenvalue weighted by molar-refractivity contribution is 7.90. The maximum Gasteiger partial charge on any atom is 0.335 e. The third kappa shape index (κ3) is 4.56. The van der Waals surface area contributed by atoms with Crippen LogP contribution in [0.25, 0.3) is 5.65 Å². The van der Waals surface area contributed by atoms with Gasteiger partial charge in [-0.05, 0) is 25.5 Å². The summed E-state index contributed by atoms with van der Waals surface area (Å²) in [5.74, 6) is -0.958. The van der Waals surface area contributed by atoms with Crippen LogP contribution in [0.3, 0.4) is 0 Å². The molecule has 0 aliphatic rings. The average molecular weight is 438 g/mol. The Kier molecular flexibility index (Phi) is 6.01. The Labute approximate surface area is 171 Å². The molecule has 3 heterocycles. The summed E-state index contributed by atoms with van der Waals surface area (Å²) >= 11 is 0. The summed E-state index contributed by atoms with van der Waals surface area (Å²) in [6.45, 7) is 3.93. The van der Waals surface area contributed by atoms with Gasteiger partial charge in [0.25, 0.3) is 16.0 Å². The highest BCUT2D eigenvalue weighted by Crippen LogP contribution is 2.21. The number of urea groups is 1. The largest absolute Gasteiger partial charge is 0.492 e. The summed E-state index contributed by atoms with van der Waals surface area (Å²) in [6.07, 6.45) is 2.01. The molecular formula is C17H19FN6O5S. The van der Waals surface area contributed by atoms with Crippen LogP contribution in [0.5, 0.6) is 11.6 Å². The molecule has 0 aromatic carbocycles. The lowest BCUT2D eigenvalue weighted by Gasteiger charge is -2.10. The average Bonchev–Trinajstić information content (AvgIpc) is 3.00. The van der Waals surface area contributed by atoms with Gasteiger partial charge in [-0.3, -0.25) is 9.72 Å². The van der Waals surface area contributed by atoms with Crippen LogP contribution in [0.2, 0.25) is 0 Å². The minimum absolute atomic E-state index is 0.0314. The molecule has 2 N–H and O–H groups in total. The molecule has 0 spiro atoms. The van der Waals surface area contributed by atoms with Crippen molar-refractivity contribution >= 4 is 27.6 Å². The standard InChI is InChI=1S/C17H19FN6O5S/c1-4-7-29-11-5-6-12-20-14(18)15(24(12)9-11)30(26,27)23-17(25)22-16-19-10(2)8-13(21-16)28-3/h5-6,8-9H,4,7H2,1-3H3,(H2,19,21,22,23,25). The number of hydrogen-bond donors (Lipinski definition) is 2. The van der Waals surface area contributed by atoms with E-state index in [-0.39, 0.29) is 17.5 Å². The van der Waals surface area contributed by atoms with Crippen LogP contribution in [-0.4, -0.2) is 47.5 Å². The van der Waals surface area contributed by atoms with Crippen molar-refractivity contribution in [1.29, 1.82) is 0 Å².